The van der Waals surface area contributed by atoms with Crippen LogP contribution < -0.4 is 0 Å². The summed E-state index contributed by atoms with van der Waals surface area (Å²) in [6, 6.07) is 12.2. The molecule has 0 unspecified atom stereocenters. The van der Waals surface area contributed by atoms with Crippen LogP contribution in [0.4, 0.5) is 0 Å². The first-order valence-electron chi connectivity index (χ1n) is 7.34. The van der Waals surface area contributed by atoms with Gasteiger partial charge in [-0.15, -0.1) is 0 Å². The highest BCUT2D eigenvalue weighted by atomic mass is 16.2. The Morgan fingerprint density at radius 1 is 1.27 bits per heavy atom. The molecule has 0 aliphatic heterocycles. The quantitative estimate of drug-likeness (QED) is 0.804. The van der Waals surface area contributed by atoms with E-state index in [4.69, 9.17) is 0 Å². The number of benzene rings is 1. The van der Waals surface area contributed by atoms with E-state index in [1.807, 2.05) is 45.2 Å². The van der Waals surface area contributed by atoms with E-state index in [1.165, 1.54) is 5.39 Å². The zero-order valence-electron chi connectivity index (χ0n) is 13.1. The van der Waals surface area contributed by atoms with Crippen molar-refractivity contribution in [3.63, 3.8) is 0 Å². The van der Waals surface area contributed by atoms with Crippen LogP contribution in [0.25, 0.3) is 10.9 Å². The maximum Gasteiger partial charge on any atom is 0.242 e. The summed E-state index contributed by atoms with van der Waals surface area (Å²) in [5.74, 6) is 0.0742. The van der Waals surface area contributed by atoms with Gasteiger partial charge in [-0.05, 0) is 37.4 Å². The number of carbonyl (C=O) groups is 1. The predicted octanol–water partition coefficient (Wildman–Crippen LogP) is 2.64. The fourth-order valence-corrected chi connectivity index (χ4v) is 2.70. The molecule has 0 saturated carbocycles. The number of nitrogens with one attached hydrogen (secondary N) is 1. The smallest absolute Gasteiger partial charge is 0.242 e. The molecule has 2 aromatic heterocycles. The molecular weight excluding hydrogens is 276 g/mol. The van der Waals surface area contributed by atoms with E-state index in [1.54, 1.807) is 4.90 Å². The van der Waals surface area contributed by atoms with Crippen molar-refractivity contribution in [2.24, 2.45) is 0 Å². The third-order valence-electron chi connectivity index (χ3n) is 3.89. The van der Waals surface area contributed by atoms with Crippen LogP contribution in [-0.2, 0) is 17.9 Å². The van der Waals surface area contributed by atoms with Gasteiger partial charge in [0.05, 0.1) is 12.2 Å². The number of aromatic nitrogens is 3. The molecule has 2 heterocycles. The topological polar surface area (TPSA) is 53.9 Å². The molecule has 0 aliphatic carbocycles. The predicted molar refractivity (Wildman–Crippen MR) is 86.5 cm³/mol. The third-order valence-corrected chi connectivity index (χ3v) is 3.89. The lowest BCUT2D eigenvalue weighted by molar-refractivity contribution is -0.131. The largest absolute Gasteiger partial charge is 0.338 e. The Morgan fingerprint density at radius 2 is 2.05 bits per heavy atom. The highest BCUT2D eigenvalue weighted by molar-refractivity contribution is 5.84. The zero-order chi connectivity index (χ0) is 15.7. The van der Waals surface area contributed by atoms with Gasteiger partial charge in [0, 0.05) is 24.0 Å². The summed E-state index contributed by atoms with van der Waals surface area (Å²) in [4.78, 5) is 14.2. The van der Waals surface area contributed by atoms with Gasteiger partial charge in [0.25, 0.3) is 0 Å². The minimum Gasteiger partial charge on any atom is -0.338 e. The number of nitrogens with zero attached hydrogens (tertiary/aromatic N) is 3. The van der Waals surface area contributed by atoms with Gasteiger partial charge >= 0.3 is 0 Å². The van der Waals surface area contributed by atoms with Crippen molar-refractivity contribution in [3.8, 4) is 0 Å². The highest BCUT2D eigenvalue weighted by Gasteiger charge is 2.14. The first-order chi connectivity index (χ1) is 10.5. The molecule has 0 spiro atoms. The van der Waals surface area contributed by atoms with Crippen LogP contribution in [0.5, 0.6) is 0 Å². The Kier molecular flexibility index (Phi) is 3.71. The summed E-state index contributed by atoms with van der Waals surface area (Å²) in [5.41, 5.74) is 4.07. The van der Waals surface area contributed by atoms with Crippen molar-refractivity contribution < 1.29 is 4.79 Å². The normalized spacial score (nSPS) is 11.0. The fraction of sp³-hybridized carbons (Fsp3) is 0.294. The molecule has 1 amide bonds. The summed E-state index contributed by atoms with van der Waals surface area (Å²) >= 11 is 0. The van der Waals surface area contributed by atoms with Crippen LogP contribution in [-0.4, -0.2) is 32.6 Å². The third kappa shape index (κ3) is 2.74. The second kappa shape index (κ2) is 5.67. The van der Waals surface area contributed by atoms with Crippen LogP contribution in [0.3, 0.4) is 0 Å². The van der Waals surface area contributed by atoms with Gasteiger partial charge < -0.3 is 9.47 Å². The second-order valence-corrected chi connectivity index (χ2v) is 5.72. The number of aryl methyl sites for hydroxylation is 2. The SMILES string of the molecule is Cc1cc(CN(C)C(=O)Cn2c(C)cc3ccccc32)n[nH]1. The molecule has 1 aromatic carbocycles. The molecule has 22 heavy (non-hydrogen) atoms. The second-order valence-electron chi connectivity index (χ2n) is 5.72. The van der Waals surface area contributed by atoms with E-state index in [0.717, 1.165) is 22.6 Å². The monoisotopic (exact) mass is 296 g/mol. The van der Waals surface area contributed by atoms with Gasteiger partial charge in [0.1, 0.15) is 6.54 Å². The maximum atomic E-state index is 12.5. The molecule has 5 heteroatoms. The van der Waals surface area contributed by atoms with Crippen LogP contribution in [0.15, 0.2) is 36.4 Å². The Morgan fingerprint density at radius 3 is 2.77 bits per heavy atom. The Labute approximate surface area is 129 Å². The molecule has 3 rings (SSSR count). The number of para-hydroxylation sites is 1. The van der Waals surface area contributed by atoms with Gasteiger partial charge in [0.15, 0.2) is 0 Å². The van der Waals surface area contributed by atoms with Gasteiger partial charge in [-0.1, -0.05) is 18.2 Å². The number of hydrogen-bond acceptors (Lipinski definition) is 2. The molecule has 114 valence electrons. The Hall–Kier alpha value is -2.56. The fourth-order valence-electron chi connectivity index (χ4n) is 2.70. The van der Waals surface area contributed by atoms with E-state index in [9.17, 15) is 4.79 Å². The van der Waals surface area contributed by atoms with E-state index >= 15 is 0 Å². The molecule has 0 aliphatic rings. The first kappa shape index (κ1) is 14.4. The number of H-pyrrole nitrogens is 1. The van der Waals surface area contributed by atoms with Crippen molar-refractivity contribution in [1.29, 1.82) is 0 Å². The lowest BCUT2D eigenvalue weighted by Gasteiger charge is -2.17. The summed E-state index contributed by atoms with van der Waals surface area (Å²) in [5, 5.41) is 8.24. The average molecular weight is 296 g/mol. The summed E-state index contributed by atoms with van der Waals surface area (Å²) in [7, 11) is 1.81. The number of rotatable bonds is 4. The van der Waals surface area contributed by atoms with Crippen molar-refractivity contribution in [3.05, 3.63) is 53.5 Å². The Bertz CT molecular complexity index is 815. The van der Waals surface area contributed by atoms with Gasteiger partial charge in [-0.25, -0.2) is 0 Å². The number of fused-ring (bicyclic) bond motifs is 1. The Balaban J connectivity index is 1.76. The van der Waals surface area contributed by atoms with Gasteiger partial charge in [-0.2, -0.15) is 5.10 Å². The number of aromatic amines is 1. The van der Waals surface area contributed by atoms with Crippen molar-refractivity contribution in [2.75, 3.05) is 7.05 Å². The van der Waals surface area contributed by atoms with Gasteiger partial charge in [0.2, 0.25) is 5.91 Å². The van der Waals surface area contributed by atoms with E-state index < -0.39 is 0 Å². The van der Waals surface area contributed by atoms with Crippen LogP contribution in [0.2, 0.25) is 0 Å². The number of likely N-dealkylation sites (N-methyl/N-ethyl adjacent to an activating group) is 1. The van der Waals surface area contributed by atoms with Gasteiger partial charge in [-0.3, -0.25) is 9.89 Å². The van der Waals surface area contributed by atoms with E-state index in [0.29, 0.717) is 13.1 Å². The summed E-state index contributed by atoms with van der Waals surface area (Å²) in [6.45, 7) is 4.85. The minimum absolute atomic E-state index is 0.0742. The van der Waals surface area contributed by atoms with Crippen LogP contribution in [0.1, 0.15) is 17.1 Å². The van der Waals surface area contributed by atoms with Crippen LogP contribution >= 0.6 is 0 Å². The summed E-state index contributed by atoms with van der Waals surface area (Å²) in [6.07, 6.45) is 0. The molecule has 1 N–H and O–H groups in total. The molecule has 3 aromatic rings. The minimum atomic E-state index is 0.0742. The molecule has 5 nitrogen and oxygen atoms in total. The first-order valence-corrected chi connectivity index (χ1v) is 7.34. The lowest BCUT2D eigenvalue weighted by atomic mass is 10.2. The number of hydrogen-bond donors (Lipinski definition) is 1. The van der Waals surface area contributed by atoms with Crippen molar-refractivity contribution >= 4 is 16.8 Å². The standard InChI is InChI=1S/C17H20N4O/c1-12-8-15(19-18-12)10-20(3)17(22)11-21-13(2)9-14-6-4-5-7-16(14)21/h4-9H,10-11H2,1-3H3,(H,18,19). The highest BCUT2D eigenvalue weighted by Crippen LogP contribution is 2.19. The zero-order valence-corrected chi connectivity index (χ0v) is 13.1. The lowest BCUT2D eigenvalue weighted by Crippen LogP contribution is -2.30. The summed E-state index contributed by atoms with van der Waals surface area (Å²) < 4.78 is 2.06. The van der Waals surface area contributed by atoms with Crippen molar-refractivity contribution in [1.82, 2.24) is 19.7 Å². The van der Waals surface area contributed by atoms with E-state index in [2.05, 4.69) is 26.9 Å². The van der Waals surface area contributed by atoms with E-state index in [-0.39, 0.29) is 5.91 Å². The molecule has 0 saturated heterocycles. The van der Waals surface area contributed by atoms with Crippen molar-refractivity contribution in [2.45, 2.75) is 26.9 Å². The molecule has 0 bridgehead atoms. The molecule has 0 radical (unpaired) electrons. The average Bonchev–Trinajstić information content (AvgIpc) is 3.03. The molecule has 0 fully saturated rings. The molecular formula is C17H20N4O. The molecule has 0 atom stereocenters. The maximum absolute atomic E-state index is 12.5. The van der Waals surface area contributed by atoms with Crippen LogP contribution in [0, 0.1) is 13.8 Å². The number of carbonyl (C=O) groups excluding carboxylic acids is 1. The number of amides is 1.